The van der Waals surface area contributed by atoms with E-state index in [0.29, 0.717) is 30.6 Å². The number of nitrogens with zero attached hydrogens (tertiary/aromatic N) is 1. The summed E-state index contributed by atoms with van der Waals surface area (Å²) in [6.07, 6.45) is -0.767. The molecular formula is C24H30BCl2NO5. The van der Waals surface area contributed by atoms with Gasteiger partial charge in [-0.2, -0.15) is 0 Å². The van der Waals surface area contributed by atoms with Gasteiger partial charge in [-0.3, -0.25) is 0 Å². The summed E-state index contributed by atoms with van der Waals surface area (Å²) >= 11 is 11.7. The van der Waals surface area contributed by atoms with Crippen LogP contribution in [0.15, 0.2) is 48.5 Å². The summed E-state index contributed by atoms with van der Waals surface area (Å²) in [7, 11) is -0.428. The third kappa shape index (κ3) is 6.57. The number of carbonyl (C=O) groups is 1. The van der Waals surface area contributed by atoms with Crippen molar-refractivity contribution < 1.29 is 23.6 Å². The van der Waals surface area contributed by atoms with Crippen LogP contribution >= 0.6 is 23.2 Å². The van der Waals surface area contributed by atoms with Crippen LogP contribution in [-0.2, 0) is 20.7 Å². The number of benzene rings is 2. The molecule has 0 N–H and O–H groups in total. The Bertz CT molecular complexity index is 899. The van der Waals surface area contributed by atoms with E-state index in [9.17, 15) is 4.79 Å². The van der Waals surface area contributed by atoms with Gasteiger partial charge in [-0.25, -0.2) is 4.79 Å². The lowest BCUT2D eigenvalue weighted by molar-refractivity contribution is 0.00578. The monoisotopic (exact) mass is 493 g/mol. The molecule has 33 heavy (non-hydrogen) atoms. The first-order chi connectivity index (χ1) is 15.6. The second-order valence-electron chi connectivity index (χ2n) is 8.83. The number of carbonyl (C=O) groups excluding carboxylic acids is 1. The Kier molecular flexibility index (Phi) is 8.56. The lowest BCUT2D eigenvalue weighted by Gasteiger charge is -2.32. The highest BCUT2D eigenvalue weighted by Crippen LogP contribution is 2.36. The van der Waals surface area contributed by atoms with Gasteiger partial charge in [-0.05, 0) is 63.0 Å². The van der Waals surface area contributed by atoms with Gasteiger partial charge in [0.2, 0.25) is 0 Å². The molecule has 0 spiro atoms. The molecule has 0 unspecified atom stereocenters. The molecule has 6 nitrogen and oxygen atoms in total. The first-order valence-corrected chi connectivity index (χ1v) is 12.0. The normalized spacial score (nSPS) is 16.5. The van der Waals surface area contributed by atoms with Crippen molar-refractivity contribution in [2.45, 2.75) is 45.5 Å². The molecular weight excluding hydrogens is 464 g/mol. The van der Waals surface area contributed by atoms with Crippen LogP contribution in [0.3, 0.4) is 0 Å². The SMILES string of the molecule is CC1(C)OB(c2ccc(COC(=O)Oc3ccc(N(CCCl)CCCl)cc3)cc2)OC1(C)C. The number of ether oxygens (including phenoxy) is 2. The lowest BCUT2D eigenvalue weighted by atomic mass is 9.79. The van der Waals surface area contributed by atoms with E-state index in [0.717, 1.165) is 16.7 Å². The molecule has 178 valence electrons. The van der Waals surface area contributed by atoms with Crippen LogP contribution in [0.4, 0.5) is 10.5 Å². The van der Waals surface area contributed by atoms with E-state index < -0.39 is 24.5 Å². The zero-order valence-corrected chi connectivity index (χ0v) is 21.0. The minimum absolute atomic E-state index is 0.0970. The standard InChI is InChI=1S/C24H30BCl2NO5/c1-23(2)24(3,4)33-25(32-23)19-7-5-18(6-8-19)17-30-22(29)31-21-11-9-20(10-12-21)28(15-13-26)16-14-27/h5-12H,13-17H2,1-4H3. The molecule has 0 bridgehead atoms. The zero-order chi connectivity index (χ0) is 24.1. The Morgan fingerprint density at radius 3 is 1.97 bits per heavy atom. The summed E-state index contributed by atoms with van der Waals surface area (Å²) in [5.41, 5.74) is 1.92. The van der Waals surface area contributed by atoms with Gasteiger partial charge in [0.15, 0.2) is 0 Å². The highest BCUT2D eigenvalue weighted by molar-refractivity contribution is 6.62. The summed E-state index contributed by atoms with van der Waals surface area (Å²) in [6, 6.07) is 14.7. The molecule has 0 saturated carbocycles. The van der Waals surface area contributed by atoms with Crippen LogP contribution < -0.4 is 15.1 Å². The van der Waals surface area contributed by atoms with E-state index in [2.05, 4.69) is 4.90 Å². The van der Waals surface area contributed by atoms with Gasteiger partial charge in [0.25, 0.3) is 0 Å². The Balaban J connectivity index is 1.50. The van der Waals surface area contributed by atoms with Gasteiger partial charge in [-0.15, -0.1) is 23.2 Å². The third-order valence-corrected chi connectivity index (χ3v) is 6.31. The van der Waals surface area contributed by atoms with Crippen molar-refractivity contribution in [3.05, 3.63) is 54.1 Å². The minimum Gasteiger partial charge on any atom is -0.429 e. The zero-order valence-electron chi connectivity index (χ0n) is 19.5. The average Bonchev–Trinajstić information content (AvgIpc) is 3.00. The van der Waals surface area contributed by atoms with Gasteiger partial charge < -0.3 is 23.7 Å². The highest BCUT2D eigenvalue weighted by Gasteiger charge is 2.51. The molecule has 1 fully saturated rings. The van der Waals surface area contributed by atoms with E-state index in [1.54, 1.807) is 12.1 Å². The topological polar surface area (TPSA) is 57.2 Å². The summed E-state index contributed by atoms with van der Waals surface area (Å²) < 4.78 is 22.6. The maximum Gasteiger partial charge on any atom is 0.514 e. The van der Waals surface area contributed by atoms with Crippen LogP contribution in [0.2, 0.25) is 0 Å². The average molecular weight is 494 g/mol. The maximum atomic E-state index is 12.1. The maximum absolute atomic E-state index is 12.1. The number of rotatable bonds is 9. The van der Waals surface area contributed by atoms with Crippen molar-refractivity contribution in [3.8, 4) is 5.75 Å². The van der Waals surface area contributed by atoms with E-state index in [1.807, 2.05) is 64.1 Å². The largest absolute Gasteiger partial charge is 0.514 e. The molecule has 0 amide bonds. The van der Waals surface area contributed by atoms with E-state index >= 15 is 0 Å². The second-order valence-corrected chi connectivity index (χ2v) is 9.59. The van der Waals surface area contributed by atoms with Crippen LogP contribution in [0.25, 0.3) is 0 Å². The highest BCUT2D eigenvalue weighted by atomic mass is 35.5. The molecule has 1 saturated heterocycles. The number of alkyl halides is 2. The molecule has 0 aliphatic carbocycles. The Hall–Kier alpha value is -1.93. The van der Waals surface area contributed by atoms with Crippen LogP contribution in [0, 0.1) is 0 Å². The van der Waals surface area contributed by atoms with Crippen LogP contribution in [0.1, 0.15) is 33.3 Å². The van der Waals surface area contributed by atoms with Gasteiger partial charge in [0.1, 0.15) is 12.4 Å². The smallest absolute Gasteiger partial charge is 0.429 e. The van der Waals surface area contributed by atoms with Gasteiger partial charge in [0.05, 0.1) is 11.2 Å². The van der Waals surface area contributed by atoms with E-state index in [1.165, 1.54) is 0 Å². The van der Waals surface area contributed by atoms with Gasteiger partial charge in [0, 0.05) is 30.5 Å². The quantitative estimate of drug-likeness (QED) is 0.212. The van der Waals surface area contributed by atoms with Gasteiger partial charge >= 0.3 is 13.3 Å². The molecule has 0 radical (unpaired) electrons. The summed E-state index contributed by atoms with van der Waals surface area (Å²) in [5, 5.41) is 0. The lowest BCUT2D eigenvalue weighted by Crippen LogP contribution is -2.41. The minimum atomic E-state index is -0.767. The van der Waals surface area contributed by atoms with Crippen molar-refractivity contribution in [2.75, 3.05) is 29.7 Å². The Morgan fingerprint density at radius 2 is 1.45 bits per heavy atom. The third-order valence-electron chi connectivity index (χ3n) is 5.97. The van der Waals surface area contributed by atoms with Crippen molar-refractivity contribution >= 4 is 47.6 Å². The fraction of sp³-hybridized carbons (Fsp3) is 0.458. The van der Waals surface area contributed by atoms with Crippen LogP contribution in [-0.4, -0.2) is 49.3 Å². The predicted octanol–water partition coefficient (Wildman–Crippen LogP) is 4.99. The molecule has 2 aromatic rings. The predicted molar refractivity (Wildman–Crippen MR) is 133 cm³/mol. The van der Waals surface area contributed by atoms with Crippen molar-refractivity contribution in [1.29, 1.82) is 0 Å². The summed E-state index contributed by atoms with van der Waals surface area (Å²) in [6.45, 7) is 9.54. The van der Waals surface area contributed by atoms with Crippen molar-refractivity contribution in [2.24, 2.45) is 0 Å². The van der Waals surface area contributed by atoms with Gasteiger partial charge in [-0.1, -0.05) is 24.3 Å². The molecule has 0 aromatic heterocycles. The molecule has 3 rings (SSSR count). The molecule has 1 aliphatic rings. The molecule has 2 aromatic carbocycles. The molecule has 1 heterocycles. The number of anilines is 1. The Labute approximate surface area is 206 Å². The Morgan fingerprint density at radius 1 is 0.909 bits per heavy atom. The van der Waals surface area contributed by atoms with E-state index in [4.69, 9.17) is 42.0 Å². The number of hydrogen-bond acceptors (Lipinski definition) is 6. The number of hydrogen-bond donors (Lipinski definition) is 0. The first kappa shape index (κ1) is 25.7. The van der Waals surface area contributed by atoms with Crippen molar-refractivity contribution in [3.63, 3.8) is 0 Å². The van der Waals surface area contributed by atoms with Crippen LogP contribution in [0.5, 0.6) is 5.75 Å². The molecule has 0 atom stereocenters. The van der Waals surface area contributed by atoms with Crippen molar-refractivity contribution in [1.82, 2.24) is 0 Å². The fourth-order valence-corrected chi connectivity index (χ4v) is 3.73. The number of halogens is 2. The summed E-state index contributed by atoms with van der Waals surface area (Å²) in [5.74, 6) is 1.40. The fourth-order valence-electron chi connectivity index (χ4n) is 3.32. The first-order valence-electron chi connectivity index (χ1n) is 10.9. The second kappa shape index (κ2) is 11.0. The summed E-state index contributed by atoms with van der Waals surface area (Å²) in [4.78, 5) is 14.2. The molecule has 1 aliphatic heterocycles. The van der Waals surface area contributed by atoms with E-state index in [-0.39, 0.29) is 6.61 Å². The molecule has 9 heteroatoms.